The van der Waals surface area contributed by atoms with Crippen molar-refractivity contribution in [2.45, 2.75) is 26.7 Å². The molecule has 0 aliphatic carbocycles. The van der Waals surface area contributed by atoms with Gasteiger partial charge in [-0.15, -0.1) is 0 Å². The molecule has 0 bridgehead atoms. The minimum atomic E-state index is -0.141. The van der Waals surface area contributed by atoms with Crippen molar-refractivity contribution in [3.8, 4) is 0 Å². The average molecular weight is 283 g/mol. The maximum atomic E-state index is 12.2. The van der Waals surface area contributed by atoms with E-state index in [2.05, 4.69) is 29.5 Å². The summed E-state index contributed by atoms with van der Waals surface area (Å²) in [6.45, 7) is 5.06. The lowest BCUT2D eigenvalue weighted by atomic mass is 10.1. The minimum absolute atomic E-state index is 0.141. The topological polar surface area (TPSA) is 54.0 Å². The van der Waals surface area contributed by atoms with Gasteiger partial charge in [-0.25, -0.2) is 4.98 Å². The van der Waals surface area contributed by atoms with Crippen molar-refractivity contribution in [1.82, 2.24) is 4.98 Å². The maximum Gasteiger partial charge on any atom is 0.257 e. The van der Waals surface area contributed by atoms with Crippen LogP contribution in [0.4, 0.5) is 11.5 Å². The van der Waals surface area contributed by atoms with E-state index in [-0.39, 0.29) is 5.91 Å². The SMILES string of the molecule is CCCNc1ccc(C(=O)Nc2cccc(CC)c2)cn1. The molecule has 0 atom stereocenters. The van der Waals surface area contributed by atoms with Crippen LogP contribution in [-0.2, 0) is 6.42 Å². The lowest BCUT2D eigenvalue weighted by Crippen LogP contribution is -2.12. The smallest absolute Gasteiger partial charge is 0.257 e. The molecule has 21 heavy (non-hydrogen) atoms. The highest BCUT2D eigenvalue weighted by atomic mass is 16.1. The third-order valence-corrected chi connectivity index (χ3v) is 3.17. The maximum absolute atomic E-state index is 12.2. The van der Waals surface area contributed by atoms with Crippen LogP contribution < -0.4 is 10.6 Å². The van der Waals surface area contributed by atoms with Crippen molar-refractivity contribution in [2.24, 2.45) is 0 Å². The van der Waals surface area contributed by atoms with E-state index in [1.54, 1.807) is 12.3 Å². The number of nitrogens with one attached hydrogen (secondary N) is 2. The predicted molar refractivity (Wildman–Crippen MR) is 86.8 cm³/mol. The average Bonchev–Trinajstić information content (AvgIpc) is 2.53. The largest absolute Gasteiger partial charge is 0.370 e. The molecule has 0 spiro atoms. The number of carbonyl (C=O) groups excluding carboxylic acids is 1. The van der Waals surface area contributed by atoms with E-state index in [4.69, 9.17) is 0 Å². The molecule has 1 heterocycles. The lowest BCUT2D eigenvalue weighted by molar-refractivity contribution is 0.102. The quantitative estimate of drug-likeness (QED) is 0.849. The van der Waals surface area contributed by atoms with Gasteiger partial charge in [-0.3, -0.25) is 4.79 Å². The Morgan fingerprint density at radius 1 is 1.19 bits per heavy atom. The molecular weight excluding hydrogens is 262 g/mol. The summed E-state index contributed by atoms with van der Waals surface area (Å²) in [5.74, 6) is 0.652. The Morgan fingerprint density at radius 2 is 2.05 bits per heavy atom. The van der Waals surface area contributed by atoms with E-state index in [0.29, 0.717) is 5.56 Å². The van der Waals surface area contributed by atoms with E-state index < -0.39 is 0 Å². The number of benzene rings is 1. The highest BCUT2D eigenvalue weighted by Gasteiger charge is 2.07. The molecule has 110 valence electrons. The first-order valence-electron chi connectivity index (χ1n) is 7.33. The summed E-state index contributed by atoms with van der Waals surface area (Å²) in [7, 11) is 0. The number of rotatable bonds is 6. The molecule has 0 unspecified atom stereocenters. The molecular formula is C17H21N3O. The van der Waals surface area contributed by atoms with Gasteiger partial charge >= 0.3 is 0 Å². The standard InChI is InChI=1S/C17H21N3O/c1-3-10-18-16-9-8-14(12-19-16)17(21)20-15-7-5-6-13(4-2)11-15/h5-9,11-12H,3-4,10H2,1-2H3,(H,18,19)(H,20,21). The predicted octanol–water partition coefficient (Wildman–Crippen LogP) is 3.72. The number of carbonyl (C=O) groups is 1. The van der Waals surface area contributed by atoms with Crippen LogP contribution in [0.15, 0.2) is 42.6 Å². The third-order valence-electron chi connectivity index (χ3n) is 3.17. The van der Waals surface area contributed by atoms with Gasteiger partial charge in [0, 0.05) is 18.4 Å². The molecule has 0 aliphatic rings. The van der Waals surface area contributed by atoms with Gasteiger partial charge in [0.25, 0.3) is 5.91 Å². The second kappa shape index (κ2) is 7.43. The number of pyridine rings is 1. The minimum Gasteiger partial charge on any atom is -0.370 e. The van der Waals surface area contributed by atoms with Gasteiger partial charge in [0.15, 0.2) is 0 Å². The molecule has 0 radical (unpaired) electrons. The van der Waals surface area contributed by atoms with E-state index >= 15 is 0 Å². The Hall–Kier alpha value is -2.36. The monoisotopic (exact) mass is 283 g/mol. The molecule has 1 aromatic heterocycles. The summed E-state index contributed by atoms with van der Waals surface area (Å²) >= 11 is 0. The zero-order valence-corrected chi connectivity index (χ0v) is 12.5. The number of hydrogen-bond donors (Lipinski definition) is 2. The molecule has 0 fully saturated rings. The van der Waals surface area contributed by atoms with E-state index in [9.17, 15) is 4.79 Å². The molecule has 1 amide bonds. The van der Waals surface area contributed by atoms with Crippen LogP contribution in [0.1, 0.15) is 36.2 Å². The molecule has 2 rings (SSSR count). The fourth-order valence-corrected chi connectivity index (χ4v) is 1.96. The van der Waals surface area contributed by atoms with Crippen LogP contribution in [0.3, 0.4) is 0 Å². The number of amides is 1. The Bertz CT molecular complexity index is 593. The molecule has 4 heteroatoms. The Labute approximate surface area is 125 Å². The first-order valence-corrected chi connectivity index (χ1v) is 7.33. The van der Waals surface area contributed by atoms with E-state index in [1.807, 2.05) is 30.3 Å². The summed E-state index contributed by atoms with van der Waals surface area (Å²) in [5.41, 5.74) is 2.57. The molecule has 4 nitrogen and oxygen atoms in total. The first-order chi connectivity index (χ1) is 10.2. The fraction of sp³-hybridized carbons (Fsp3) is 0.294. The number of nitrogens with zero attached hydrogens (tertiary/aromatic N) is 1. The Balaban J connectivity index is 2.02. The van der Waals surface area contributed by atoms with Crippen molar-refractivity contribution in [3.63, 3.8) is 0 Å². The summed E-state index contributed by atoms with van der Waals surface area (Å²) in [6.07, 6.45) is 3.58. The zero-order chi connectivity index (χ0) is 15.1. The molecule has 0 saturated carbocycles. The first kappa shape index (κ1) is 15.0. The van der Waals surface area contributed by atoms with Crippen LogP contribution in [0, 0.1) is 0 Å². The van der Waals surface area contributed by atoms with Gasteiger partial charge in [-0.1, -0.05) is 26.0 Å². The van der Waals surface area contributed by atoms with Crippen LogP contribution in [-0.4, -0.2) is 17.4 Å². The van der Waals surface area contributed by atoms with Gasteiger partial charge in [0.2, 0.25) is 0 Å². The zero-order valence-electron chi connectivity index (χ0n) is 12.5. The van der Waals surface area contributed by atoms with Crippen LogP contribution in [0.5, 0.6) is 0 Å². The number of aromatic nitrogens is 1. The summed E-state index contributed by atoms with van der Waals surface area (Å²) < 4.78 is 0. The van der Waals surface area contributed by atoms with Crippen molar-refractivity contribution in [3.05, 3.63) is 53.7 Å². The Kier molecular flexibility index (Phi) is 5.32. The van der Waals surface area contributed by atoms with Gasteiger partial charge in [0.05, 0.1) is 5.56 Å². The highest BCUT2D eigenvalue weighted by molar-refractivity contribution is 6.04. The summed E-state index contributed by atoms with van der Waals surface area (Å²) in [6, 6.07) is 11.5. The summed E-state index contributed by atoms with van der Waals surface area (Å²) in [4.78, 5) is 16.4. The normalized spacial score (nSPS) is 10.2. The lowest BCUT2D eigenvalue weighted by Gasteiger charge is -2.08. The van der Waals surface area contributed by atoms with Crippen molar-refractivity contribution in [1.29, 1.82) is 0 Å². The van der Waals surface area contributed by atoms with Gasteiger partial charge in [-0.2, -0.15) is 0 Å². The van der Waals surface area contributed by atoms with Gasteiger partial charge in [-0.05, 0) is 42.7 Å². The van der Waals surface area contributed by atoms with Gasteiger partial charge in [0.1, 0.15) is 5.82 Å². The van der Waals surface area contributed by atoms with Crippen molar-refractivity contribution < 1.29 is 4.79 Å². The number of hydrogen-bond acceptors (Lipinski definition) is 3. The van der Waals surface area contributed by atoms with Crippen molar-refractivity contribution in [2.75, 3.05) is 17.2 Å². The molecule has 2 aromatic rings. The molecule has 0 aliphatic heterocycles. The number of aryl methyl sites for hydroxylation is 1. The second-order valence-corrected chi connectivity index (χ2v) is 4.87. The van der Waals surface area contributed by atoms with E-state index in [1.165, 1.54) is 5.56 Å². The van der Waals surface area contributed by atoms with Crippen LogP contribution in [0.25, 0.3) is 0 Å². The molecule has 2 N–H and O–H groups in total. The second-order valence-electron chi connectivity index (χ2n) is 4.87. The molecule has 0 saturated heterocycles. The third kappa shape index (κ3) is 4.31. The molecule has 1 aromatic carbocycles. The van der Waals surface area contributed by atoms with Crippen LogP contribution >= 0.6 is 0 Å². The summed E-state index contributed by atoms with van der Waals surface area (Å²) in [5, 5.41) is 6.08. The highest BCUT2D eigenvalue weighted by Crippen LogP contribution is 2.13. The Morgan fingerprint density at radius 3 is 2.71 bits per heavy atom. The van der Waals surface area contributed by atoms with Crippen LogP contribution in [0.2, 0.25) is 0 Å². The fourth-order valence-electron chi connectivity index (χ4n) is 1.96. The van der Waals surface area contributed by atoms with Gasteiger partial charge < -0.3 is 10.6 Å². The van der Waals surface area contributed by atoms with Crippen molar-refractivity contribution >= 4 is 17.4 Å². The number of anilines is 2. The van der Waals surface area contributed by atoms with E-state index in [0.717, 1.165) is 30.9 Å².